The molecule has 3 rings (SSSR count). The van der Waals surface area contributed by atoms with Crippen molar-refractivity contribution in [3.63, 3.8) is 0 Å². The average Bonchev–Trinajstić information content (AvgIpc) is 2.70. The summed E-state index contributed by atoms with van der Waals surface area (Å²) in [7, 11) is 0. The maximum atomic E-state index is 14.9. The molecule has 0 amide bonds. The lowest BCUT2D eigenvalue weighted by Crippen LogP contribution is -1.84. The van der Waals surface area contributed by atoms with E-state index in [1.54, 1.807) is 24.3 Å². The normalized spacial score (nSPS) is 9.16. The highest BCUT2D eigenvalue weighted by Gasteiger charge is 2.05. The summed E-state index contributed by atoms with van der Waals surface area (Å²) in [5.41, 5.74) is 2.30. The van der Waals surface area contributed by atoms with Gasteiger partial charge in [-0.25, -0.2) is 4.39 Å². The lowest BCUT2D eigenvalue weighted by Gasteiger charge is -1.98. The monoisotopic (exact) mass is 322 g/mol. The van der Waals surface area contributed by atoms with Gasteiger partial charge >= 0.3 is 0 Å². The van der Waals surface area contributed by atoms with E-state index in [9.17, 15) is 4.39 Å². The van der Waals surface area contributed by atoms with Crippen molar-refractivity contribution in [1.29, 1.82) is 0 Å². The van der Waals surface area contributed by atoms with Crippen LogP contribution in [0.3, 0.4) is 0 Å². The molecule has 1 heteroatoms. The van der Waals surface area contributed by atoms with E-state index in [0.717, 1.165) is 11.1 Å². The SMILES string of the molecule is FC(=C(C#Cc1ccccc1)C#Cc1ccccc1)c1ccccc1. The summed E-state index contributed by atoms with van der Waals surface area (Å²) < 4.78 is 14.9. The van der Waals surface area contributed by atoms with Crippen LogP contribution >= 0.6 is 0 Å². The number of rotatable bonds is 1. The zero-order chi connectivity index (χ0) is 17.3. The van der Waals surface area contributed by atoms with Gasteiger partial charge in [0.1, 0.15) is 5.57 Å². The molecule has 118 valence electrons. The van der Waals surface area contributed by atoms with Crippen molar-refractivity contribution in [3.8, 4) is 23.7 Å². The molecule has 0 saturated carbocycles. The van der Waals surface area contributed by atoms with Gasteiger partial charge in [0.15, 0.2) is 5.83 Å². The molecule has 0 saturated heterocycles. The van der Waals surface area contributed by atoms with Gasteiger partial charge in [0, 0.05) is 16.7 Å². The van der Waals surface area contributed by atoms with Crippen molar-refractivity contribution in [2.24, 2.45) is 0 Å². The molecular formula is C24H15F. The molecule has 0 aliphatic carbocycles. The Labute approximate surface area is 147 Å². The van der Waals surface area contributed by atoms with Gasteiger partial charge in [-0.1, -0.05) is 78.6 Å². The van der Waals surface area contributed by atoms with Crippen molar-refractivity contribution in [1.82, 2.24) is 0 Å². The quantitative estimate of drug-likeness (QED) is 0.521. The Balaban J connectivity index is 2.03. The Bertz CT molecular complexity index is 918. The number of hydrogen-bond acceptors (Lipinski definition) is 0. The zero-order valence-corrected chi connectivity index (χ0v) is 13.5. The summed E-state index contributed by atoms with van der Waals surface area (Å²) >= 11 is 0. The van der Waals surface area contributed by atoms with Gasteiger partial charge in [-0.05, 0) is 36.1 Å². The summed E-state index contributed by atoms with van der Waals surface area (Å²) in [5.74, 6) is 11.3. The van der Waals surface area contributed by atoms with Crippen molar-refractivity contribution >= 4 is 5.83 Å². The topological polar surface area (TPSA) is 0 Å². The molecule has 0 spiro atoms. The van der Waals surface area contributed by atoms with Crippen LogP contribution in [0.5, 0.6) is 0 Å². The molecule has 0 aromatic heterocycles. The van der Waals surface area contributed by atoms with Crippen LogP contribution in [0.25, 0.3) is 5.83 Å². The van der Waals surface area contributed by atoms with E-state index in [0.29, 0.717) is 5.56 Å². The Morgan fingerprint density at radius 2 is 0.960 bits per heavy atom. The Morgan fingerprint density at radius 3 is 1.40 bits per heavy atom. The third kappa shape index (κ3) is 4.71. The minimum Gasteiger partial charge on any atom is -0.204 e. The third-order valence-electron chi connectivity index (χ3n) is 3.46. The smallest absolute Gasteiger partial charge is 0.154 e. The lowest BCUT2D eigenvalue weighted by molar-refractivity contribution is 0.757. The summed E-state index contributed by atoms with van der Waals surface area (Å²) in [4.78, 5) is 0. The van der Waals surface area contributed by atoms with E-state index in [-0.39, 0.29) is 5.57 Å². The highest BCUT2D eigenvalue weighted by atomic mass is 19.1. The first kappa shape index (κ1) is 16.3. The third-order valence-corrected chi connectivity index (χ3v) is 3.46. The molecule has 0 aliphatic heterocycles. The van der Waals surface area contributed by atoms with E-state index in [2.05, 4.69) is 23.7 Å². The highest BCUT2D eigenvalue weighted by Crippen LogP contribution is 2.19. The average molecular weight is 322 g/mol. The standard InChI is InChI=1S/C24H15F/c25-24(22-14-8-3-9-15-22)23(18-16-20-10-4-1-5-11-20)19-17-21-12-6-2-7-13-21/h1-15H. The first-order valence-electron chi connectivity index (χ1n) is 7.92. The van der Waals surface area contributed by atoms with Crippen LogP contribution in [0.15, 0.2) is 96.6 Å². The fraction of sp³-hybridized carbons (Fsp3) is 0. The van der Waals surface area contributed by atoms with Crippen molar-refractivity contribution < 1.29 is 4.39 Å². The fourth-order valence-electron chi connectivity index (χ4n) is 2.18. The molecule has 0 fully saturated rings. The molecule has 3 aromatic rings. The predicted molar refractivity (Wildman–Crippen MR) is 101 cm³/mol. The molecule has 3 aromatic carbocycles. The summed E-state index contributed by atoms with van der Waals surface area (Å²) in [6, 6.07) is 27.8. The zero-order valence-electron chi connectivity index (χ0n) is 13.5. The van der Waals surface area contributed by atoms with Crippen LogP contribution in [0.4, 0.5) is 4.39 Å². The number of allylic oxidation sites excluding steroid dienone is 1. The molecule has 0 atom stereocenters. The second kappa shape index (κ2) is 8.34. The second-order valence-electron chi connectivity index (χ2n) is 5.29. The maximum Gasteiger partial charge on any atom is 0.154 e. The van der Waals surface area contributed by atoms with Crippen molar-refractivity contribution in [3.05, 3.63) is 113 Å². The Hall–Kier alpha value is -3.55. The van der Waals surface area contributed by atoms with E-state index >= 15 is 0 Å². The van der Waals surface area contributed by atoms with E-state index < -0.39 is 5.83 Å². The Morgan fingerprint density at radius 1 is 0.560 bits per heavy atom. The van der Waals surface area contributed by atoms with Crippen LogP contribution in [-0.2, 0) is 0 Å². The van der Waals surface area contributed by atoms with Crippen LogP contribution < -0.4 is 0 Å². The van der Waals surface area contributed by atoms with Gasteiger partial charge < -0.3 is 0 Å². The van der Waals surface area contributed by atoms with Crippen LogP contribution in [0, 0.1) is 23.7 Å². The van der Waals surface area contributed by atoms with Crippen LogP contribution in [0.1, 0.15) is 16.7 Å². The molecule has 0 unspecified atom stereocenters. The van der Waals surface area contributed by atoms with Crippen molar-refractivity contribution in [2.75, 3.05) is 0 Å². The molecule has 25 heavy (non-hydrogen) atoms. The maximum absolute atomic E-state index is 14.9. The molecule has 0 heterocycles. The minimum absolute atomic E-state index is 0.180. The summed E-state index contributed by atoms with van der Waals surface area (Å²) in [6.45, 7) is 0. The first-order valence-corrected chi connectivity index (χ1v) is 7.92. The van der Waals surface area contributed by atoms with Gasteiger partial charge in [0.2, 0.25) is 0 Å². The first-order chi connectivity index (χ1) is 12.3. The van der Waals surface area contributed by atoms with Gasteiger partial charge in [-0.15, -0.1) is 0 Å². The number of benzene rings is 3. The fourth-order valence-corrected chi connectivity index (χ4v) is 2.18. The van der Waals surface area contributed by atoms with E-state index in [4.69, 9.17) is 0 Å². The summed E-state index contributed by atoms with van der Waals surface area (Å²) in [5, 5.41) is 0. The molecule has 0 N–H and O–H groups in total. The molecular weight excluding hydrogens is 307 g/mol. The lowest BCUT2D eigenvalue weighted by atomic mass is 10.1. The Kier molecular flexibility index (Phi) is 5.44. The predicted octanol–water partition coefficient (Wildman–Crippen LogP) is 5.47. The molecule has 0 nitrogen and oxygen atoms in total. The van der Waals surface area contributed by atoms with Crippen LogP contribution in [0.2, 0.25) is 0 Å². The van der Waals surface area contributed by atoms with Gasteiger partial charge in [0.05, 0.1) is 0 Å². The number of halogens is 1. The second-order valence-corrected chi connectivity index (χ2v) is 5.29. The minimum atomic E-state index is -0.410. The highest BCUT2D eigenvalue weighted by molar-refractivity contribution is 5.73. The van der Waals surface area contributed by atoms with E-state index in [1.165, 1.54) is 0 Å². The summed E-state index contributed by atoms with van der Waals surface area (Å²) in [6.07, 6.45) is 0. The largest absolute Gasteiger partial charge is 0.204 e. The van der Waals surface area contributed by atoms with Crippen LogP contribution in [-0.4, -0.2) is 0 Å². The molecule has 0 aliphatic rings. The van der Waals surface area contributed by atoms with Gasteiger partial charge in [-0.3, -0.25) is 0 Å². The van der Waals surface area contributed by atoms with Gasteiger partial charge in [0.25, 0.3) is 0 Å². The van der Waals surface area contributed by atoms with E-state index in [1.807, 2.05) is 66.7 Å². The molecule has 0 bridgehead atoms. The molecule has 0 radical (unpaired) electrons. The number of hydrogen-bond donors (Lipinski definition) is 0. The van der Waals surface area contributed by atoms with Crippen molar-refractivity contribution in [2.45, 2.75) is 0 Å². The van der Waals surface area contributed by atoms with Gasteiger partial charge in [-0.2, -0.15) is 0 Å².